The quantitative estimate of drug-likeness (QED) is 0.720. The van der Waals surface area contributed by atoms with Crippen LogP contribution in [0.15, 0.2) is 0 Å². The van der Waals surface area contributed by atoms with Crippen molar-refractivity contribution in [1.29, 1.82) is 0 Å². The normalized spacial score (nSPS) is 42.2. The third kappa shape index (κ3) is 2.05. The predicted molar refractivity (Wildman–Crippen MR) is 53.7 cm³/mol. The van der Waals surface area contributed by atoms with Crippen molar-refractivity contribution >= 4 is 0 Å². The maximum atomic E-state index is 5.51. The van der Waals surface area contributed by atoms with Crippen LogP contribution in [0.4, 0.5) is 0 Å². The fourth-order valence-corrected chi connectivity index (χ4v) is 2.22. The molecule has 1 saturated carbocycles. The maximum absolute atomic E-state index is 5.51. The zero-order valence-corrected chi connectivity index (χ0v) is 8.97. The van der Waals surface area contributed by atoms with Crippen LogP contribution in [-0.2, 0) is 4.74 Å². The summed E-state index contributed by atoms with van der Waals surface area (Å²) in [6, 6.07) is 0.608. The molecule has 0 radical (unpaired) electrons. The highest BCUT2D eigenvalue weighted by molar-refractivity contribution is 4.97. The molecule has 0 bridgehead atoms. The molecule has 1 N–H and O–H groups in total. The second-order valence-electron chi connectivity index (χ2n) is 5.27. The maximum Gasteiger partial charge on any atom is 0.0700 e. The molecule has 2 rings (SSSR count). The summed E-state index contributed by atoms with van der Waals surface area (Å²) >= 11 is 0. The molecule has 76 valence electrons. The topological polar surface area (TPSA) is 21.3 Å². The number of rotatable bonds is 3. The first kappa shape index (κ1) is 9.47. The summed E-state index contributed by atoms with van der Waals surface area (Å²) in [5, 5.41) is 3.62. The van der Waals surface area contributed by atoms with Gasteiger partial charge in [0.25, 0.3) is 0 Å². The Balaban J connectivity index is 1.68. The summed E-state index contributed by atoms with van der Waals surface area (Å²) in [6.45, 7) is 9.00. The summed E-state index contributed by atoms with van der Waals surface area (Å²) < 4.78 is 5.51. The van der Waals surface area contributed by atoms with Crippen molar-refractivity contribution in [3.63, 3.8) is 0 Å². The minimum Gasteiger partial charge on any atom is -0.377 e. The molecule has 3 atom stereocenters. The number of hydrogen-bond donors (Lipinski definition) is 1. The summed E-state index contributed by atoms with van der Waals surface area (Å²) in [4.78, 5) is 0. The van der Waals surface area contributed by atoms with Gasteiger partial charge in [-0.1, -0.05) is 13.8 Å². The molecule has 1 aliphatic heterocycles. The first-order chi connectivity index (χ1) is 6.09. The Hall–Kier alpha value is -0.0800. The van der Waals surface area contributed by atoms with E-state index in [0.717, 1.165) is 12.5 Å². The lowest BCUT2D eigenvalue weighted by molar-refractivity contribution is 0.113. The van der Waals surface area contributed by atoms with Crippen LogP contribution in [0.5, 0.6) is 0 Å². The molecule has 0 aromatic carbocycles. The number of hydrogen-bond acceptors (Lipinski definition) is 2. The molecule has 2 fully saturated rings. The average Bonchev–Trinajstić information content (AvgIpc) is 2.47. The summed E-state index contributed by atoms with van der Waals surface area (Å²) in [5.74, 6) is 0.903. The summed E-state index contributed by atoms with van der Waals surface area (Å²) in [6.07, 6.45) is 3.00. The van der Waals surface area contributed by atoms with Crippen molar-refractivity contribution in [3.8, 4) is 0 Å². The minimum absolute atomic E-state index is 0.418. The highest BCUT2D eigenvalue weighted by Gasteiger charge is 2.45. The van der Waals surface area contributed by atoms with E-state index in [-0.39, 0.29) is 0 Å². The Kier molecular flexibility index (Phi) is 2.37. The largest absolute Gasteiger partial charge is 0.377 e. The van der Waals surface area contributed by atoms with E-state index >= 15 is 0 Å². The highest BCUT2D eigenvalue weighted by Crippen LogP contribution is 2.51. The smallest absolute Gasteiger partial charge is 0.0700 e. The van der Waals surface area contributed by atoms with Gasteiger partial charge in [-0.15, -0.1) is 0 Å². The van der Waals surface area contributed by atoms with E-state index < -0.39 is 0 Å². The zero-order chi connectivity index (χ0) is 9.47. The van der Waals surface area contributed by atoms with E-state index in [0.29, 0.717) is 17.6 Å². The molecule has 1 heterocycles. The standard InChI is InChI=1S/C11H21NO/c1-8-10(4-5-13-8)12-7-9-6-11(9,2)3/h8-10,12H,4-7H2,1-3H3. The van der Waals surface area contributed by atoms with Gasteiger partial charge in [0.15, 0.2) is 0 Å². The molecular formula is C11H21NO. The molecule has 2 heteroatoms. The fourth-order valence-electron chi connectivity index (χ4n) is 2.22. The molecule has 13 heavy (non-hydrogen) atoms. The van der Waals surface area contributed by atoms with Crippen molar-refractivity contribution < 1.29 is 4.74 Å². The van der Waals surface area contributed by atoms with Gasteiger partial charge >= 0.3 is 0 Å². The lowest BCUT2D eigenvalue weighted by Crippen LogP contribution is -2.36. The van der Waals surface area contributed by atoms with Gasteiger partial charge < -0.3 is 10.1 Å². The van der Waals surface area contributed by atoms with E-state index in [1.807, 2.05) is 0 Å². The van der Waals surface area contributed by atoms with E-state index in [9.17, 15) is 0 Å². The Morgan fingerprint density at radius 3 is 2.62 bits per heavy atom. The molecule has 2 aliphatic rings. The third-order valence-electron chi connectivity index (χ3n) is 3.72. The highest BCUT2D eigenvalue weighted by atomic mass is 16.5. The van der Waals surface area contributed by atoms with Crippen molar-refractivity contribution in [3.05, 3.63) is 0 Å². The molecule has 0 aromatic rings. The van der Waals surface area contributed by atoms with Crippen LogP contribution >= 0.6 is 0 Å². The van der Waals surface area contributed by atoms with Crippen molar-refractivity contribution in [2.24, 2.45) is 11.3 Å². The van der Waals surface area contributed by atoms with E-state index in [2.05, 4.69) is 26.1 Å². The van der Waals surface area contributed by atoms with Gasteiger partial charge in [0.05, 0.1) is 6.10 Å². The van der Waals surface area contributed by atoms with Crippen LogP contribution in [0, 0.1) is 11.3 Å². The molecule has 0 aromatic heterocycles. The van der Waals surface area contributed by atoms with Crippen LogP contribution in [0.3, 0.4) is 0 Å². The Labute approximate surface area is 81.0 Å². The van der Waals surface area contributed by atoms with Gasteiger partial charge in [0, 0.05) is 12.6 Å². The molecular weight excluding hydrogens is 162 g/mol. The van der Waals surface area contributed by atoms with E-state index in [1.54, 1.807) is 0 Å². The molecule has 2 nitrogen and oxygen atoms in total. The summed E-state index contributed by atoms with van der Waals surface area (Å²) in [7, 11) is 0. The predicted octanol–water partition coefficient (Wildman–Crippen LogP) is 1.80. The number of ether oxygens (including phenoxy) is 1. The van der Waals surface area contributed by atoms with Gasteiger partial charge in [-0.05, 0) is 37.6 Å². The fraction of sp³-hybridized carbons (Fsp3) is 1.00. The van der Waals surface area contributed by atoms with Crippen LogP contribution in [0.2, 0.25) is 0 Å². The van der Waals surface area contributed by atoms with Crippen molar-refractivity contribution in [2.45, 2.75) is 45.8 Å². The minimum atomic E-state index is 0.418. The molecule has 1 aliphatic carbocycles. The SMILES string of the molecule is CC1OCCC1NCC1CC1(C)C. The monoisotopic (exact) mass is 183 g/mol. The first-order valence-electron chi connectivity index (χ1n) is 5.44. The van der Waals surface area contributed by atoms with Crippen LogP contribution < -0.4 is 5.32 Å². The van der Waals surface area contributed by atoms with Gasteiger partial charge in [-0.3, -0.25) is 0 Å². The lowest BCUT2D eigenvalue weighted by atomic mass is 10.1. The van der Waals surface area contributed by atoms with Crippen LogP contribution in [-0.4, -0.2) is 25.3 Å². The Morgan fingerprint density at radius 2 is 2.15 bits per heavy atom. The van der Waals surface area contributed by atoms with Gasteiger partial charge in [0.1, 0.15) is 0 Å². The molecule has 0 amide bonds. The van der Waals surface area contributed by atoms with Gasteiger partial charge in [0.2, 0.25) is 0 Å². The van der Waals surface area contributed by atoms with E-state index in [1.165, 1.54) is 19.4 Å². The Bertz CT molecular complexity index is 191. The van der Waals surface area contributed by atoms with Crippen LogP contribution in [0.25, 0.3) is 0 Å². The van der Waals surface area contributed by atoms with Crippen molar-refractivity contribution in [1.82, 2.24) is 5.32 Å². The molecule has 3 unspecified atom stereocenters. The zero-order valence-electron chi connectivity index (χ0n) is 8.97. The van der Waals surface area contributed by atoms with E-state index in [4.69, 9.17) is 4.74 Å². The average molecular weight is 183 g/mol. The lowest BCUT2D eigenvalue weighted by Gasteiger charge is -2.16. The van der Waals surface area contributed by atoms with Gasteiger partial charge in [-0.2, -0.15) is 0 Å². The van der Waals surface area contributed by atoms with Crippen LogP contribution in [0.1, 0.15) is 33.6 Å². The Morgan fingerprint density at radius 1 is 1.46 bits per heavy atom. The molecule has 0 spiro atoms. The second kappa shape index (κ2) is 3.25. The number of nitrogens with one attached hydrogen (secondary N) is 1. The third-order valence-corrected chi connectivity index (χ3v) is 3.72. The molecule has 1 saturated heterocycles. The first-order valence-corrected chi connectivity index (χ1v) is 5.44. The van der Waals surface area contributed by atoms with Gasteiger partial charge in [-0.25, -0.2) is 0 Å². The van der Waals surface area contributed by atoms with Crippen molar-refractivity contribution in [2.75, 3.05) is 13.2 Å². The summed E-state index contributed by atoms with van der Waals surface area (Å²) in [5.41, 5.74) is 0.607. The second-order valence-corrected chi connectivity index (χ2v) is 5.27.